The zero-order chi connectivity index (χ0) is 17.1. The van der Waals surface area contributed by atoms with E-state index in [9.17, 15) is 9.18 Å². The van der Waals surface area contributed by atoms with Gasteiger partial charge in [0, 0.05) is 24.9 Å². The quantitative estimate of drug-likeness (QED) is 0.937. The van der Waals surface area contributed by atoms with E-state index >= 15 is 0 Å². The maximum absolute atomic E-state index is 13.9. The van der Waals surface area contributed by atoms with E-state index in [-0.39, 0.29) is 17.7 Å². The average Bonchev–Trinajstić information content (AvgIpc) is 3.06. The van der Waals surface area contributed by atoms with Crippen LogP contribution in [0.1, 0.15) is 47.4 Å². The van der Waals surface area contributed by atoms with E-state index in [1.807, 2.05) is 24.7 Å². The summed E-state index contributed by atoms with van der Waals surface area (Å²) in [7, 11) is 0. The monoisotopic (exact) mass is 331 g/mol. The molecule has 24 heavy (non-hydrogen) atoms. The van der Waals surface area contributed by atoms with Crippen molar-refractivity contribution in [2.45, 2.75) is 45.4 Å². The number of halogens is 1. The summed E-state index contributed by atoms with van der Waals surface area (Å²) in [5.74, 6) is -0.912. The average molecular weight is 331 g/mol. The molecule has 1 fully saturated rings. The zero-order valence-corrected chi connectivity index (χ0v) is 14.0. The molecule has 128 valence electrons. The van der Waals surface area contributed by atoms with E-state index in [2.05, 4.69) is 10.4 Å². The molecule has 2 atom stereocenters. The summed E-state index contributed by atoms with van der Waals surface area (Å²) in [5.41, 5.74) is 1.86. The number of aromatic nitrogens is 2. The van der Waals surface area contributed by atoms with Gasteiger partial charge in [0.25, 0.3) is 5.91 Å². The van der Waals surface area contributed by atoms with E-state index in [4.69, 9.17) is 4.74 Å². The fourth-order valence-corrected chi connectivity index (χ4v) is 3.02. The number of carbonyl (C=O) groups is 1. The van der Waals surface area contributed by atoms with Crippen LogP contribution in [0.5, 0.6) is 0 Å². The van der Waals surface area contributed by atoms with Gasteiger partial charge >= 0.3 is 0 Å². The van der Waals surface area contributed by atoms with Gasteiger partial charge in [0.1, 0.15) is 11.9 Å². The summed E-state index contributed by atoms with van der Waals surface area (Å²) < 4.78 is 21.6. The summed E-state index contributed by atoms with van der Waals surface area (Å²) in [6.07, 6.45) is 5.10. The van der Waals surface area contributed by atoms with Gasteiger partial charge in [-0.25, -0.2) is 4.39 Å². The molecule has 1 N–H and O–H groups in total. The molecule has 6 heteroatoms. The molecular formula is C18H22FN3O2. The van der Waals surface area contributed by atoms with Crippen LogP contribution in [0.25, 0.3) is 0 Å². The Morgan fingerprint density at radius 1 is 1.50 bits per heavy atom. The molecule has 1 aliphatic heterocycles. The van der Waals surface area contributed by atoms with Crippen molar-refractivity contribution in [1.82, 2.24) is 15.1 Å². The number of nitrogens with one attached hydrogen (secondary N) is 1. The van der Waals surface area contributed by atoms with Crippen LogP contribution in [-0.4, -0.2) is 28.3 Å². The normalized spacial score (nSPS) is 20.8. The lowest BCUT2D eigenvalue weighted by molar-refractivity contribution is -0.00955. The highest BCUT2D eigenvalue weighted by Crippen LogP contribution is 2.28. The highest BCUT2D eigenvalue weighted by atomic mass is 19.1. The van der Waals surface area contributed by atoms with E-state index < -0.39 is 11.7 Å². The zero-order valence-electron chi connectivity index (χ0n) is 14.0. The van der Waals surface area contributed by atoms with Crippen LogP contribution in [0.2, 0.25) is 0 Å². The minimum atomic E-state index is -0.509. The van der Waals surface area contributed by atoms with Gasteiger partial charge in [0.2, 0.25) is 0 Å². The minimum Gasteiger partial charge on any atom is -0.371 e. The van der Waals surface area contributed by atoms with E-state index in [0.29, 0.717) is 6.61 Å². The predicted octanol–water partition coefficient (Wildman–Crippen LogP) is 3.00. The molecule has 0 aliphatic carbocycles. The number of hydrogen-bond acceptors (Lipinski definition) is 3. The molecular weight excluding hydrogens is 309 g/mol. The number of ether oxygens (including phenoxy) is 1. The van der Waals surface area contributed by atoms with Crippen molar-refractivity contribution in [2.75, 3.05) is 6.61 Å². The highest BCUT2D eigenvalue weighted by molar-refractivity contribution is 5.94. The fraction of sp³-hybridized carbons (Fsp3) is 0.444. The number of rotatable bonds is 4. The van der Waals surface area contributed by atoms with Crippen LogP contribution in [0.15, 0.2) is 30.6 Å². The van der Waals surface area contributed by atoms with Crippen LogP contribution in [0.3, 0.4) is 0 Å². The maximum Gasteiger partial charge on any atom is 0.254 e. The van der Waals surface area contributed by atoms with E-state index in [0.717, 1.165) is 30.5 Å². The van der Waals surface area contributed by atoms with Crippen LogP contribution >= 0.6 is 0 Å². The molecule has 1 saturated heterocycles. The van der Waals surface area contributed by atoms with Gasteiger partial charge in [0.05, 0.1) is 17.8 Å². The van der Waals surface area contributed by atoms with Crippen LogP contribution in [0, 0.1) is 12.7 Å². The highest BCUT2D eigenvalue weighted by Gasteiger charge is 2.30. The van der Waals surface area contributed by atoms with Crippen molar-refractivity contribution >= 4 is 5.91 Å². The maximum atomic E-state index is 13.9. The Bertz CT molecular complexity index is 729. The number of amides is 1. The van der Waals surface area contributed by atoms with Gasteiger partial charge in [-0.2, -0.15) is 5.10 Å². The molecule has 5 nitrogen and oxygen atoms in total. The number of benzene rings is 1. The van der Waals surface area contributed by atoms with Crippen LogP contribution in [-0.2, 0) is 11.3 Å². The number of carbonyl (C=O) groups excluding carboxylic acids is 1. The van der Waals surface area contributed by atoms with Crippen molar-refractivity contribution in [3.8, 4) is 0 Å². The van der Waals surface area contributed by atoms with Gasteiger partial charge in [-0.15, -0.1) is 0 Å². The number of nitrogens with zero attached hydrogens (tertiary/aromatic N) is 2. The summed E-state index contributed by atoms with van der Waals surface area (Å²) in [5, 5.41) is 7.21. The Hall–Kier alpha value is -2.21. The second-order valence-corrected chi connectivity index (χ2v) is 6.13. The predicted molar refractivity (Wildman–Crippen MR) is 88.2 cm³/mol. The largest absolute Gasteiger partial charge is 0.371 e. The fourth-order valence-electron chi connectivity index (χ4n) is 3.02. The van der Waals surface area contributed by atoms with Crippen LogP contribution in [0.4, 0.5) is 4.39 Å². The van der Waals surface area contributed by atoms with E-state index in [1.54, 1.807) is 18.3 Å². The molecule has 3 rings (SSSR count). The lowest BCUT2D eigenvalue weighted by atomic mass is 9.97. The second-order valence-electron chi connectivity index (χ2n) is 6.13. The minimum absolute atomic E-state index is 0.0728. The first-order valence-corrected chi connectivity index (χ1v) is 8.29. The van der Waals surface area contributed by atoms with Gasteiger partial charge in [-0.1, -0.05) is 11.6 Å². The summed E-state index contributed by atoms with van der Waals surface area (Å²) in [6.45, 7) is 5.27. The molecule has 0 bridgehead atoms. The third-order valence-corrected chi connectivity index (χ3v) is 4.31. The van der Waals surface area contributed by atoms with Crippen molar-refractivity contribution in [1.29, 1.82) is 0 Å². The molecule has 1 amide bonds. The van der Waals surface area contributed by atoms with Crippen LogP contribution < -0.4 is 5.32 Å². The Labute approximate surface area is 140 Å². The number of hydrogen-bond donors (Lipinski definition) is 1. The summed E-state index contributed by atoms with van der Waals surface area (Å²) in [6, 6.07) is 4.35. The molecule has 0 radical (unpaired) electrons. The summed E-state index contributed by atoms with van der Waals surface area (Å²) in [4.78, 5) is 12.5. The Morgan fingerprint density at radius 3 is 3.08 bits per heavy atom. The Balaban J connectivity index is 1.78. The first-order valence-electron chi connectivity index (χ1n) is 8.29. The molecule has 1 aromatic carbocycles. The lowest BCUT2D eigenvalue weighted by Crippen LogP contribution is -2.43. The topological polar surface area (TPSA) is 56.1 Å². The second kappa shape index (κ2) is 7.13. The molecule has 1 aromatic heterocycles. The SMILES string of the molecule is CCn1cc([C@H]2OCCC[C@@H]2NC(=O)c2cc(C)ccc2F)cn1. The molecule has 0 unspecified atom stereocenters. The molecule has 0 saturated carbocycles. The van der Waals surface area contributed by atoms with Gasteiger partial charge in [-0.3, -0.25) is 9.48 Å². The first-order chi connectivity index (χ1) is 11.6. The van der Waals surface area contributed by atoms with Gasteiger partial charge in [0.15, 0.2) is 0 Å². The van der Waals surface area contributed by atoms with Gasteiger partial charge in [-0.05, 0) is 38.8 Å². The standard InChI is InChI=1S/C18H22FN3O2/c1-3-22-11-13(10-20-22)17-16(5-4-8-24-17)21-18(23)14-9-12(2)6-7-15(14)19/h6-7,9-11,16-17H,3-5,8H2,1-2H3,(H,21,23)/t16-,17+/m0/s1. The van der Waals surface area contributed by atoms with Crippen molar-refractivity contribution in [3.05, 3.63) is 53.1 Å². The van der Waals surface area contributed by atoms with Crippen molar-refractivity contribution in [2.24, 2.45) is 0 Å². The third-order valence-electron chi connectivity index (χ3n) is 4.31. The van der Waals surface area contributed by atoms with Crippen molar-refractivity contribution < 1.29 is 13.9 Å². The van der Waals surface area contributed by atoms with Gasteiger partial charge < -0.3 is 10.1 Å². The van der Waals surface area contributed by atoms with Crippen molar-refractivity contribution in [3.63, 3.8) is 0 Å². The number of aryl methyl sites for hydroxylation is 2. The third kappa shape index (κ3) is 3.48. The smallest absolute Gasteiger partial charge is 0.254 e. The lowest BCUT2D eigenvalue weighted by Gasteiger charge is -2.31. The Kier molecular flexibility index (Phi) is 4.94. The molecule has 2 aromatic rings. The van der Waals surface area contributed by atoms with E-state index in [1.165, 1.54) is 6.07 Å². The summed E-state index contributed by atoms with van der Waals surface area (Å²) >= 11 is 0. The molecule has 0 spiro atoms. The first kappa shape index (κ1) is 16.6. The Morgan fingerprint density at radius 2 is 2.33 bits per heavy atom. The molecule has 1 aliphatic rings. The molecule has 2 heterocycles.